The van der Waals surface area contributed by atoms with Crippen molar-refractivity contribution in [3.05, 3.63) is 22.9 Å². The highest BCUT2D eigenvalue weighted by Crippen LogP contribution is 2.26. The minimum Gasteiger partial charge on any atom is -0.383 e. The number of nitrogen functional groups attached to an aromatic ring is 1. The van der Waals surface area contributed by atoms with E-state index < -0.39 is 0 Å². The first-order valence-corrected chi connectivity index (χ1v) is 7.90. The van der Waals surface area contributed by atoms with Crippen molar-refractivity contribution >= 4 is 27.6 Å². The Morgan fingerprint density at radius 2 is 2.14 bits per heavy atom. The zero-order valence-corrected chi connectivity index (χ0v) is 13.7. The highest BCUT2D eigenvalue weighted by Gasteiger charge is 2.13. The van der Waals surface area contributed by atoms with E-state index in [4.69, 9.17) is 10.5 Å². The summed E-state index contributed by atoms with van der Waals surface area (Å²) in [5.41, 5.74) is 5.94. The smallest absolute Gasteiger partial charge is 0.254 e. The molecule has 1 aliphatic heterocycles. The number of nitrogens with two attached hydrogens (primary N) is 1. The highest BCUT2D eigenvalue weighted by atomic mass is 79.9. The lowest BCUT2D eigenvalue weighted by molar-refractivity contribution is 0.0398. The van der Waals surface area contributed by atoms with E-state index in [1.54, 1.807) is 17.1 Å². The van der Waals surface area contributed by atoms with Crippen molar-refractivity contribution < 1.29 is 4.74 Å². The molecule has 3 N–H and O–H groups in total. The zero-order chi connectivity index (χ0) is 15.4. The van der Waals surface area contributed by atoms with Crippen LogP contribution in [0.4, 0.5) is 11.6 Å². The molecule has 9 heteroatoms. The Morgan fingerprint density at radius 3 is 2.86 bits per heavy atom. The quantitative estimate of drug-likeness (QED) is 0.804. The van der Waals surface area contributed by atoms with Gasteiger partial charge in [0.15, 0.2) is 0 Å². The highest BCUT2D eigenvalue weighted by molar-refractivity contribution is 9.10. The van der Waals surface area contributed by atoms with Gasteiger partial charge >= 0.3 is 0 Å². The van der Waals surface area contributed by atoms with E-state index >= 15 is 0 Å². The number of halogens is 1. The van der Waals surface area contributed by atoms with Gasteiger partial charge in [-0.05, 0) is 22.0 Å². The minimum atomic E-state index is 0.384. The van der Waals surface area contributed by atoms with Gasteiger partial charge in [-0.1, -0.05) is 0 Å². The molecular formula is C13H18BrN7O. The third-order valence-corrected chi connectivity index (χ3v) is 4.18. The molecule has 0 aromatic carbocycles. The summed E-state index contributed by atoms with van der Waals surface area (Å²) in [6.45, 7) is 5.23. The van der Waals surface area contributed by atoms with Crippen LogP contribution in [0.2, 0.25) is 0 Å². The summed E-state index contributed by atoms with van der Waals surface area (Å²) in [6.07, 6.45) is 3.45. The van der Waals surface area contributed by atoms with Crippen molar-refractivity contribution in [3.63, 3.8) is 0 Å². The van der Waals surface area contributed by atoms with E-state index in [1.165, 1.54) is 0 Å². The molecule has 2 aromatic heterocycles. The van der Waals surface area contributed by atoms with Crippen molar-refractivity contribution in [1.82, 2.24) is 24.6 Å². The van der Waals surface area contributed by atoms with Gasteiger partial charge in [0.05, 0.1) is 13.2 Å². The number of hydrogen-bond acceptors (Lipinski definition) is 7. The van der Waals surface area contributed by atoms with Gasteiger partial charge < -0.3 is 15.8 Å². The predicted molar refractivity (Wildman–Crippen MR) is 87.0 cm³/mol. The number of nitrogens with zero attached hydrogens (tertiary/aromatic N) is 5. The van der Waals surface area contributed by atoms with Gasteiger partial charge in [-0.3, -0.25) is 4.90 Å². The summed E-state index contributed by atoms with van der Waals surface area (Å²) >= 11 is 3.43. The summed E-state index contributed by atoms with van der Waals surface area (Å²) in [5, 5.41) is 7.42. The fourth-order valence-corrected chi connectivity index (χ4v) is 2.53. The molecule has 0 amide bonds. The predicted octanol–water partition coefficient (Wildman–Crippen LogP) is 0.751. The first-order chi connectivity index (χ1) is 10.7. The van der Waals surface area contributed by atoms with Crippen LogP contribution >= 0.6 is 15.9 Å². The van der Waals surface area contributed by atoms with Crippen LogP contribution in [0.5, 0.6) is 0 Å². The van der Waals surface area contributed by atoms with Gasteiger partial charge in [-0.2, -0.15) is 15.1 Å². The van der Waals surface area contributed by atoms with Gasteiger partial charge in [0.1, 0.15) is 16.1 Å². The number of aromatic nitrogens is 4. The molecular weight excluding hydrogens is 350 g/mol. The molecule has 0 bridgehead atoms. The van der Waals surface area contributed by atoms with Gasteiger partial charge in [0.2, 0.25) is 0 Å². The Labute approximate surface area is 136 Å². The van der Waals surface area contributed by atoms with Crippen molar-refractivity contribution in [2.45, 2.75) is 0 Å². The molecule has 1 fully saturated rings. The van der Waals surface area contributed by atoms with Crippen LogP contribution in [0.15, 0.2) is 22.9 Å². The van der Waals surface area contributed by atoms with Crippen molar-refractivity contribution in [2.75, 3.05) is 50.4 Å². The maximum Gasteiger partial charge on any atom is 0.254 e. The molecule has 1 aliphatic rings. The summed E-state index contributed by atoms with van der Waals surface area (Å²) < 4.78 is 7.59. The van der Waals surface area contributed by atoms with E-state index in [-0.39, 0.29) is 0 Å². The molecule has 0 spiro atoms. The van der Waals surface area contributed by atoms with Crippen LogP contribution in [0.1, 0.15) is 0 Å². The average Bonchev–Trinajstić information content (AvgIpc) is 3.07. The maximum atomic E-state index is 5.94. The summed E-state index contributed by atoms with van der Waals surface area (Å²) in [6, 6.07) is 1.81. The van der Waals surface area contributed by atoms with Crippen LogP contribution in [-0.4, -0.2) is 64.0 Å². The second kappa shape index (κ2) is 7.03. The van der Waals surface area contributed by atoms with Gasteiger partial charge in [-0.15, -0.1) is 0 Å². The number of anilines is 2. The molecule has 118 valence electrons. The number of ether oxygens (including phenoxy) is 1. The molecule has 1 saturated heterocycles. The number of morpholine rings is 1. The van der Waals surface area contributed by atoms with Crippen LogP contribution < -0.4 is 11.1 Å². The lowest BCUT2D eigenvalue weighted by Crippen LogP contribution is -2.39. The number of rotatable bonds is 5. The van der Waals surface area contributed by atoms with E-state index in [0.29, 0.717) is 22.1 Å². The fraction of sp³-hybridized carbons (Fsp3) is 0.462. The molecule has 0 unspecified atom stereocenters. The Bertz CT molecular complexity index is 613. The van der Waals surface area contributed by atoms with Crippen molar-refractivity contribution in [2.24, 2.45) is 0 Å². The molecule has 0 aliphatic carbocycles. The standard InChI is InChI=1S/C13H18BrN7O/c14-10-11(15)18-13(21-4-1-2-17-21)19-12(10)16-3-5-20-6-8-22-9-7-20/h1-2,4H,3,5-9H2,(H3,15,16,18,19). The Kier molecular flexibility index (Phi) is 4.86. The molecule has 2 aromatic rings. The zero-order valence-electron chi connectivity index (χ0n) is 12.1. The molecule has 22 heavy (non-hydrogen) atoms. The van der Waals surface area contributed by atoms with Crippen molar-refractivity contribution in [1.29, 1.82) is 0 Å². The van der Waals surface area contributed by atoms with Gasteiger partial charge in [0.25, 0.3) is 5.95 Å². The maximum absolute atomic E-state index is 5.94. The largest absolute Gasteiger partial charge is 0.383 e. The third-order valence-electron chi connectivity index (χ3n) is 3.40. The second-order valence-electron chi connectivity index (χ2n) is 4.90. The molecule has 8 nitrogen and oxygen atoms in total. The van der Waals surface area contributed by atoms with E-state index in [0.717, 1.165) is 39.4 Å². The second-order valence-corrected chi connectivity index (χ2v) is 5.70. The monoisotopic (exact) mass is 367 g/mol. The SMILES string of the molecule is Nc1nc(-n2cccn2)nc(NCCN2CCOCC2)c1Br. The third kappa shape index (κ3) is 3.54. The van der Waals surface area contributed by atoms with Crippen LogP contribution in [0.3, 0.4) is 0 Å². The van der Waals surface area contributed by atoms with Crippen LogP contribution in [0.25, 0.3) is 5.95 Å². The van der Waals surface area contributed by atoms with E-state index in [9.17, 15) is 0 Å². The lowest BCUT2D eigenvalue weighted by Gasteiger charge is -2.26. The van der Waals surface area contributed by atoms with Gasteiger partial charge in [-0.25, -0.2) is 4.68 Å². The summed E-state index contributed by atoms with van der Waals surface area (Å²) in [7, 11) is 0. The molecule has 3 rings (SSSR count). The summed E-state index contributed by atoms with van der Waals surface area (Å²) in [5.74, 6) is 1.50. The lowest BCUT2D eigenvalue weighted by atomic mass is 10.4. The molecule has 0 atom stereocenters. The normalized spacial score (nSPS) is 15.9. The Morgan fingerprint density at radius 1 is 1.32 bits per heavy atom. The first kappa shape index (κ1) is 15.2. The van der Waals surface area contributed by atoms with Crippen LogP contribution in [0, 0.1) is 0 Å². The Hall–Kier alpha value is -1.71. The fourth-order valence-electron chi connectivity index (χ4n) is 2.22. The van der Waals surface area contributed by atoms with Crippen molar-refractivity contribution in [3.8, 4) is 5.95 Å². The average molecular weight is 368 g/mol. The first-order valence-electron chi connectivity index (χ1n) is 7.11. The van der Waals surface area contributed by atoms with Crippen LogP contribution in [-0.2, 0) is 4.74 Å². The number of nitrogens with one attached hydrogen (secondary N) is 1. The summed E-state index contributed by atoms with van der Waals surface area (Å²) in [4.78, 5) is 11.0. The molecule has 0 radical (unpaired) electrons. The van der Waals surface area contributed by atoms with E-state index in [1.807, 2.05) is 6.07 Å². The Balaban J connectivity index is 1.67. The van der Waals surface area contributed by atoms with Gasteiger partial charge in [0, 0.05) is 38.6 Å². The molecule has 0 saturated carbocycles. The molecule has 3 heterocycles. The van der Waals surface area contributed by atoms with E-state index in [2.05, 4.69) is 41.2 Å². The minimum absolute atomic E-state index is 0.384. The number of hydrogen-bond donors (Lipinski definition) is 2. The topological polar surface area (TPSA) is 94.1 Å².